The zero-order chi connectivity index (χ0) is 13.2. The molecule has 1 N–H and O–H groups in total. The van der Waals surface area contributed by atoms with E-state index in [2.05, 4.69) is 38.0 Å². The minimum atomic E-state index is 0.592. The van der Waals surface area contributed by atoms with Crippen molar-refractivity contribution in [3.05, 3.63) is 0 Å². The minimum Gasteiger partial charge on any atom is -0.313 e. The topological polar surface area (TPSA) is 15.3 Å². The largest absolute Gasteiger partial charge is 0.313 e. The molecule has 2 rings (SSSR count). The molecule has 1 unspecified atom stereocenters. The maximum atomic E-state index is 3.69. The molecule has 2 aliphatic carbocycles. The summed E-state index contributed by atoms with van der Waals surface area (Å²) < 4.78 is 0. The Morgan fingerprint density at radius 1 is 1.17 bits per heavy atom. The maximum Gasteiger partial charge on any atom is 0.0223 e. The highest BCUT2D eigenvalue weighted by Gasteiger charge is 2.34. The van der Waals surface area contributed by atoms with E-state index in [-0.39, 0.29) is 0 Å². The lowest BCUT2D eigenvalue weighted by Gasteiger charge is -2.39. The Hall–Kier alpha value is -0.0800. The van der Waals surface area contributed by atoms with E-state index >= 15 is 0 Å². The zero-order valence-electron chi connectivity index (χ0n) is 12.8. The van der Waals surface area contributed by atoms with Crippen LogP contribution in [0.5, 0.6) is 0 Å². The third-order valence-corrected chi connectivity index (χ3v) is 5.07. The molecule has 0 spiro atoms. The van der Waals surface area contributed by atoms with Crippen molar-refractivity contribution in [3.8, 4) is 0 Å². The molecule has 0 radical (unpaired) electrons. The summed E-state index contributed by atoms with van der Waals surface area (Å²) in [5.74, 6) is 0.965. The maximum absolute atomic E-state index is 3.69. The first-order valence-electron chi connectivity index (χ1n) is 7.95. The van der Waals surface area contributed by atoms with Crippen LogP contribution in [0.1, 0.15) is 59.3 Å². The van der Waals surface area contributed by atoms with Gasteiger partial charge in [-0.1, -0.05) is 20.8 Å². The third kappa shape index (κ3) is 3.96. The van der Waals surface area contributed by atoms with Gasteiger partial charge in [0.25, 0.3) is 0 Å². The highest BCUT2D eigenvalue weighted by molar-refractivity contribution is 4.90. The Labute approximate surface area is 114 Å². The number of nitrogens with one attached hydrogen (secondary N) is 1. The third-order valence-electron chi connectivity index (χ3n) is 5.07. The molecule has 0 aromatic rings. The van der Waals surface area contributed by atoms with Crippen LogP contribution in [0.3, 0.4) is 0 Å². The monoisotopic (exact) mass is 252 g/mol. The summed E-state index contributed by atoms with van der Waals surface area (Å²) in [7, 11) is 2.34. The molecule has 0 aromatic carbocycles. The average Bonchev–Trinajstić information content (AvgIpc) is 3.12. The van der Waals surface area contributed by atoms with Gasteiger partial charge in [0.15, 0.2) is 0 Å². The number of nitrogens with zero attached hydrogens (tertiary/aromatic N) is 1. The van der Waals surface area contributed by atoms with Crippen molar-refractivity contribution in [2.75, 3.05) is 20.1 Å². The number of likely N-dealkylation sites (N-methyl/N-ethyl adjacent to an activating group) is 2. The van der Waals surface area contributed by atoms with E-state index < -0.39 is 0 Å². The Morgan fingerprint density at radius 3 is 2.28 bits per heavy atom. The van der Waals surface area contributed by atoms with Crippen molar-refractivity contribution in [2.45, 2.75) is 71.4 Å². The van der Waals surface area contributed by atoms with Gasteiger partial charge in [-0.15, -0.1) is 0 Å². The summed E-state index contributed by atoms with van der Waals surface area (Å²) in [6.07, 6.45) is 8.49. The predicted molar refractivity (Wildman–Crippen MR) is 78.9 cm³/mol. The number of rotatable bonds is 6. The summed E-state index contributed by atoms with van der Waals surface area (Å²) in [6, 6.07) is 1.58. The Balaban J connectivity index is 1.78. The normalized spacial score (nSPS) is 26.5. The van der Waals surface area contributed by atoms with Crippen molar-refractivity contribution in [1.82, 2.24) is 10.2 Å². The molecule has 1 atom stereocenters. The lowest BCUT2D eigenvalue weighted by Crippen LogP contribution is -2.46. The molecule has 18 heavy (non-hydrogen) atoms. The van der Waals surface area contributed by atoms with Gasteiger partial charge < -0.3 is 10.2 Å². The molecule has 2 saturated carbocycles. The summed E-state index contributed by atoms with van der Waals surface area (Å²) in [5, 5.41) is 3.69. The van der Waals surface area contributed by atoms with Crippen molar-refractivity contribution in [1.29, 1.82) is 0 Å². The van der Waals surface area contributed by atoms with Crippen LogP contribution in [-0.4, -0.2) is 37.1 Å². The Kier molecular flexibility index (Phi) is 4.71. The fourth-order valence-electron chi connectivity index (χ4n) is 3.43. The lowest BCUT2D eigenvalue weighted by molar-refractivity contribution is 0.117. The SMILES string of the molecule is CCNC(CN(C)C1CCC(C)(C)CC1)C1CC1. The molecule has 0 heterocycles. The summed E-state index contributed by atoms with van der Waals surface area (Å²) in [6.45, 7) is 9.46. The van der Waals surface area contributed by atoms with Gasteiger partial charge in [0.05, 0.1) is 0 Å². The second-order valence-corrected chi connectivity index (χ2v) is 7.34. The van der Waals surface area contributed by atoms with Gasteiger partial charge in [-0.2, -0.15) is 0 Å². The van der Waals surface area contributed by atoms with Crippen LogP contribution in [0.2, 0.25) is 0 Å². The molecule has 2 nitrogen and oxygen atoms in total. The number of hydrogen-bond donors (Lipinski definition) is 1. The van der Waals surface area contributed by atoms with E-state index in [4.69, 9.17) is 0 Å². The van der Waals surface area contributed by atoms with Crippen LogP contribution in [0.4, 0.5) is 0 Å². The van der Waals surface area contributed by atoms with E-state index in [0.717, 1.165) is 24.5 Å². The molecule has 0 aromatic heterocycles. The quantitative estimate of drug-likeness (QED) is 0.780. The van der Waals surface area contributed by atoms with Crippen LogP contribution in [0.25, 0.3) is 0 Å². The molecular weight excluding hydrogens is 220 g/mol. The molecule has 0 aliphatic heterocycles. The van der Waals surface area contributed by atoms with Gasteiger partial charge in [-0.3, -0.25) is 0 Å². The van der Waals surface area contributed by atoms with Gasteiger partial charge in [-0.05, 0) is 63.5 Å². The first-order chi connectivity index (χ1) is 8.52. The predicted octanol–water partition coefficient (Wildman–Crippen LogP) is 3.28. The van der Waals surface area contributed by atoms with E-state index in [0.29, 0.717) is 5.41 Å². The van der Waals surface area contributed by atoms with Gasteiger partial charge in [0.1, 0.15) is 0 Å². The first kappa shape index (κ1) is 14.3. The lowest BCUT2D eigenvalue weighted by atomic mass is 9.75. The zero-order valence-corrected chi connectivity index (χ0v) is 12.8. The van der Waals surface area contributed by atoms with E-state index in [1.165, 1.54) is 45.1 Å². The van der Waals surface area contributed by atoms with Gasteiger partial charge >= 0.3 is 0 Å². The van der Waals surface area contributed by atoms with Crippen molar-refractivity contribution < 1.29 is 0 Å². The fraction of sp³-hybridized carbons (Fsp3) is 1.00. The molecule has 2 heteroatoms. The molecule has 0 bridgehead atoms. The van der Waals surface area contributed by atoms with Crippen molar-refractivity contribution in [2.24, 2.45) is 11.3 Å². The Bertz CT molecular complexity index is 248. The summed E-state index contributed by atoms with van der Waals surface area (Å²) in [4.78, 5) is 2.64. The standard InChI is InChI=1S/C16H32N2/c1-5-17-15(13-6-7-13)12-18(4)14-8-10-16(2,3)11-9-14/h13-15,17H,5-12H2,1-4H3. The molecule has 2 aliphatic rings. The molecule has 0 saturated heterocycles. The number of hydrogen-bond acceptors (Lipinski definition) is 2. The van der Waals surface area contributed by atoms with Crippen molar-refractivity contribution >= 4 is 0 Å². The fourth-order valence-corrected chi connectivity index (χ4v) is 3.43. The van der Waals surface area contributed by atoms with Gasteiger partial charge in [0.2, 0.25) is 0 Å². The minimum absolute atomic E-state index is 0.592. The van der Waals surface area contributed by atoms with E-state index in [9.17, 15) is 0 Å². The highest BCUT2D eigenvalue weighted by atomic mass is 15.2. The van der Waals surface area contributed by atoms with Crippen LogP contribution >= 0.6 is 0 Å². The van der Waals surface area contributed by atoms with Crippen LogP contribution in [0.15, 0.2) is 0 Å². The summed E-state index contributed by atoms with van der Waals surface area (Å²) >= 11 is 0. The van der Waals surface area contributed by atoms with Crippen molar-refractivity contribution in [3.63, 3.8) is 0 Å². The average molecular weight is 252 g/mol. The van der Waals surface area contributed by atoms with Gasteiger partial charge in [-0.25, -0.2) is 0 Å². The van der Waals surface area contributed by atoms with Gasteiger partial charge in [0, 0.05) is 18.6 Å². The second-order valence-electron chi connectivity index (χ2n) is 7.34. The van der Waals surface area contributed by atoms with Crippen LogP contribution in [0, 0.1) is 11.3 Å². The molecule has 0 amide bonds. The second kappa shape index (κ2) is 5.92. The van der Waals surface area contributed by atoms with E-state index in [1.54, 1.807) is 0 Å². The summed E-state index contributed by atoms with van der Waals surface area (Å²) in [5.41, 5.74) is 0.592. The highest BCUT2D eigenvalue weighted by Crippen LogP contribution is 2.37. The molecule has 106 valence electrons. The van der Waals surface area contributed by atoms with Crippen LogP contribution in [-0.2, 0) is 0 Å². The van der Waals surface area contributed by atoms with Crippen LogP contribution < -0.4 is 5.32 Å². The molecular formula is C16H32N2. The van der Waals surface area contributed by atoms with E-state index in [1.807, 2.05) is 0 Å². The first-order valence-corrected chi connectivity index (χ1v) is 7.95. The smallest absolute Gasteiger partial charge is 0.0223 e. The molecule has 2 fully saturated rings. The Morgan fingerprint density at radius 2 is 1.78 bits per heavy atom.